The molecule has 3 aromatic rings. The second-order valence-electron chi connectivity index (χ2n) is 6.62. The Bertz CT molecular complexity index is 888. The highest BCUT2D eigenvalue weighted by atomic mass is 32.1. The van der Waals surface area contributed by atoms with E-state index in [-0.39, 0.29) is 11.8 Å². The smallest absolute Gasteiger partial charge is 0.273 e. The van der Waals surface area contributed by atoms with E-state index < -0.39 is 0 Å². The number of amides is 1. The van der Waals surface area contributed by atoms with Crippen molar-refractivity contribution < 1.29 is 4.79 Å². The highest BCUT2D eigenvalue weighted by Gasteiger charge is 2.28. The lowest BCUT2D eigenvalue weighted by atomic mass is 9.96. The predicted molar refractivity (Wildman–Crippen MR) is 100 cm³/mol. The number of hydrogen-bond donors (Lipinski definition) is 0. The molecular formula is C19H21N5OS. The molecule has 1 aliphatic heterocycles. The molecule has 1 aliphatic rings. The van der Waals surface area contributed by atoms with Gasteiger partial charge in [-0.05, 0) is 31.4 Å². The standard InChI is InChI=1S/C19H21N5OS/c1-14-22-17(13-26-14)19(25)24-8-3-5-16(12-24)18-21-7-9-23(18)11-15-4-2-6-20-10-15/h2,4,6-7,9-10,13,16H,3,5,8,11-12H2,1H3. The van der Waals surface area contributed by atoms with Gasteiger partial charge in [-0.1, -0.05) is 6.07 Å². The van der Waals surface area contributed by atoms with Crippen molar-refractivity contribution in [3.05, 3.63) is 64.4 Å². The van der Waals surface area contributed by atoms with Gasteiger partial charge in [0.15, 0.2) is 0 Å². The van der Waals surface area contributed by atoms with Gasteiger partial charge in [0.25, 0.3) is 5.91 Å². The summed E-state index contributed by atoms with van der Waals surface area (Å²) in [5.74, 6) is 1.32. The SMILES string of the molecule is Cc1nc(C(=O)N2CCCC(c3nccn3Cc3cccnc3)C2)cs1. The molecule has 1 unspecified atom stereocenters. The molecule has 6 nitrogen and oxygen atoms in total. The molecule has 1 saturated heterocycles. The van der Waals surface area contributed by atoms with Gasteiger partial charge in [-0.15, -0.1) is 11.3 Å². The minimum Gasteiger partial charge on any atom is -0.337 e. The number of thiazole rings is 1. The van der Waals surface area contributed by atoms with Crippen LogP contribution in [0, 0.1) is 6.92 Å². The number of aromatic nitrogens is 4. The number of carbonyl (C=O) groups is 1. The van der Waals surface area contributed by atoms with Crippen molar-refractivity contribution in [2.75, 3.05) is 13.1 Å². The summed E-state index contributed by atoms with van der Waals surface area (Å²) >= 11 is 1.52. The number of likely N-dealkylation sites (tertiary alicyclic amines) is 1. The zero-order valence-electron chi connectivity index (χ0n) is 14.7. The van der Waals surface area contributed by atoms with Crippen LogP contribution < -0.4 is 0 Å². The van der Waals surface area contributed by atoms with Gasteiger partial charge in [0, 0.05) is 49.2 Å². The third-order valence-electron chi connectivity index (χ3n) is 4.74. The Balaban J connectivity index is 1.50. The topological polar surface area (TPSA) is 63.9 Å². The minimum atomic E-state index is 0.0319. The maximum atomic E-state index is 12.7. The normalized spacial score (nSPS) is 17.4. The zero-order chi connectivity index (χ0) is 17.9. The van der Waals surface area contributed by atoms with Crippen molar-refractivity contribution in [3.63, 3.8) is 0 Å². The van der Waals surface area contributed by atoms with E-state index >= 15 is 0 Å². The van der Waals surface area contributed by atoms with Crippen molar-refractivity contribution in [1.82, 2.24) is 24.4 Å². The molecule has 134 valence electrons. The first-order chi connectivity index (χ1) is 12.7. The van der Waals surface area contributed by atoms with Crippen LogP contribution in [0.1, 0.15) is 45.6 Å². The van der Waals surface area contributed by atoms with E-state index in [2.05, 4.69) is 25.6 Å². The van der Waals surface area contributed by atoms with Crippen molar-refractivity contribution in [2.24, 2.45) is 0 Å². The maximum absolute atomic E-state index is 12.7. The average Bonchev–Trinajstić information content (AvgIpc) is 3.31. The van der Waals surface area contributed by atoms with E-state index in [4.69, 9.17) is 0 Å². The fourth-order valence-corrected chi connectivity index (χ4v) is 4.09. The summed E-state index contributed by atoms with van der Waals surface area (Å²) in [5, 5.41) is 2.78. The van der Waals surface area contributed by atoms with Crippen LogP contribution in [0.3, 0.4) is 0 Å². The molecule has 0 saturated carbocycles. The second-order valence-corrected chi connectivity index (χ2v) is 7.68. The van der Waals surface area contributed by atoms with E-state index in [9.17, 15) is 4.79 Å². The van der Waals surface area contributed by atoms with Gasteiger partial charge in [-0.2, -0.15) is 0 Å². The van der Waals surface area contributed by atoms with Crippen molar-refractivity contribution in [3.8, 4) is 0 Å². The highest BCUT2D eigenvalue weighted by Crippen LogP contribution is 2.27. The summed E-state index contributed by atoms with van der Waals surface area (Å²) < 4.78 is 2.17. The average molecular weight is 367 g/mol. The molecule has 0 aliphatic carbocycles. The molecule has 4 rings (SSSR count). The summed E-state index contributed by atoms with van der Waals surface area (Å²) in [4.78, 5) is 27.8. The summed E-state index contributed by atoms with van der Waals surface area (Å²) in [7, 11) is 0. The minimum absolute atomic E-state index is 0.0319. The van der Waals surface area contributed by atoms with Crippen LogP contribution in [0.4, 0.5) is 0 Å². The molecule has 1 fully saturated rings. The monoisotopic (exact) mass is 367 g/mol. The molecule has 4 heterocycles. The Hall–Kier alpha value is -2.54. The second kappa shape index (κ2) is 7.37. The predicted octanol–water partition coefficient (Wildman–Crippen LogP) is 3.11. The van der Waals surface area contributed by atoms with Crippen molar-refractivity contribution in [1.29, 1.82) is 0 Å². The molecule has 0 spiro atoms. The Labute approximate surface area is 156 Å². The van der Waals surface area contributed by atoms with E-state index in [0.29, 0.717) is 12.2 Å². The van der Waals surface area contributed by atoms with Gasteiger partial charge in [-0.3, -0.25) is 9.78 Å². The first-order valence-corrected chi connectivity index (χ1v) is 9.70. The number of piperidine rings is 1. The van der Waals surface area contributed by atoms with E-state index in [0.717, 1.165) is 42.3 Å². The van der Waals surface area contributed by atoms with Gasteiger partial charge in [-0.25, -0.2) is 9.97 Å². The maximum Gasteiger partial charge on any atom is 0.273 e. The molecular weight excluding hydrogens is 346 g/mol. The number of imidazole rings is 1. The van der Waals surface area contributed by atoms with E-state index in [1.165, 1.54) is 11.3 Å². The molecule has 26 heavy (non-hydrogen) atoms. The summed E-state index contributed by atoms with van der Waals surface area (Å²) in [5.41, 5.74) is 1.71. The first-order valence-electron chi connectivity index (χ1n) is 8.82. The quantitative estimate of drug-likeness (QED) is 0.711. The highest BCUT2D eigenvalue weighted by molar-refractivity contribution is 7.09. The Kier molecular flexibility index (Phi) is 4.79. The van der Waals surface area contributed by atoms with Crippen LogP contribution in [-0.4, -0.2) is 43.4 Å². The number of hydrogen-bond acceptors (Lipinski definition) is 5. The van der Waals surface area contributed by atoms with Gasteiger partial charge in [0.1, 0.15) is 11.5 Å². The van der Waals surface area contributed by atoms with E-state index in [1.54, 1.807) is 6.20 Å². The Morgan fingerprint density at radius 2 is 2.31 bits per heavy atom. The van der Waals surface area contributed by atoms with Gasteiger partial charge >= 0.3 is 0 Å². The summed E-state index contributed by atoms with van der Waals surface area (Å²) in [6, 6.07) is 4.01. The van der Waals surface area contributed by atoms with Crippen LogP contribution >= 0.6 is 11.3 Å². The zero-order valence-corrected chi connectivity index (χ0v) is 15.5. The molecule has 7 heteroatoms. The lowest BCUT2D eigenvalue weighted by molar-refractivity contribution is 0.0698. The first kappa shape index (κ1) is 16.9. The molecule has 0 N–H and O–H groups in total. The fraction of sp³-hybridized carbons (Fsp3) is 0.368. The molecule has 1 amide bonds. The van der Waals surface area contributed by atoms with Crippen LogP contribution in [0.5, 0.6) is 0 Å². The third-order valence-corrected chi connectivity index (χ3v) is 5.51. The summed E-state index contributed by atoms with van der Waals surface area (Å²) in [6.45, 7) is 4.16. The molecule has 1 atom stereocenters. The fourth-order valence-electron chi connectivity index (χ4n) is 3.50. The lowest BCUT2D eigenvalue weighted by Crippen LogP contribution is -2.40. The largest absolute Gasteiger partial charge is 0.337 e. The van der Waals surface area contributed by atoms with Crippen molar-refractivity contribution >= 4 is 17.2 Å². The molecule has 0 aromatic carbocycles. The molecule has 0 radical (unpaired) electrons. The molecule has 0 bridgehead atoms. The third kappa shape index (κ3) is 3.53. The van der Waals surface area contributed by atoms with E-state index in [1.807, 2.05) is 41.9 Å². The Morgan fingerprint density at radius 3 is 3.08 bits per heavy atom. The van der Waals surface area contributed by atoms with Crippen LogP contribution in [0.2, 0.25) is 0 Å². The van der Waals surface area contributed by atoms with Crippen LogP contribution in [0.15, 0.2) is 42.3 Å². The van der Waals surface area contributed by atoms with Gasteiger partial charge in [0.2, 0.25) is 0 Å². The van der Waals surface area contributed by atoms with Crippen molar-refractivity contribution in [2.45, 2.75) is 32.2 Å². The number of pyridine rings is 1. The van der Waals surface area contributed by atoms with Gasteiger partial charge in [0.05, 0.1) is 11.6 Å². The van der Waals surface area contributed by atoms with Crippen LogP contribution in [-0.2, 0) is 6.54 Å². The Morgan fingerprint density at radius 1 is 1.38 bits per heavy atom. The molecule has 3 aromatic heterocycles. The number of rotatable bonds is 4. The van der Waals surface area contributed by atoms with Crippen LogP contribution in [0.25, 0.3) is 0 Å². The number of nitrogens with zero attached hydrogens (tertiary/aromatic N) is 5. The lowest BCUT2D eigenvalue weighted by Gasteiger charge is -2.32. The number of aryl methyl sites for hydroxylation is 1. The van der Waals surface area contributed by atoms with Gasteiger partial charge < -0.3 is 9.47 Å². The number of carbonyl (C=O) groups excluding carboxylic acids is 1. The summed E-state index contributed by atoms with van der Waals surface area (Å²) in [6.07, 6.45) is 9.54.